The molecule has 0 aliphatic carbocycles. The Kier molecular flexibility index (Phi) is 4.79. The minimum Gasteiger partial charge on any atom is -0.453 e. The Labute approximate surface area is 198 Å². The highest BCUT2D eigenvalue weighted by molar-refractivity contribution is 5.87. The molecule has 2 heterocycles. The lowest BCUT2D eigenvalue weighted by Crippen LogP contribution is -2.15. The molecule has 1 aliphatic rings. The molecule has 0 N–H and O–H groups in total. The Bertz CT molecular complexity index is 1500. The molecule has 6 rings (SSSR count). The van der Waals surface area contributed by atoms with E-state index in [4.69, 9.17) is 10.00 Å². The number of pyridine rings is 1. The van der Waals surface area contributed by atoms with Crippen LogP contribution in [0.5, 0.6) is 11.5 Å². The van der Waals surface area contributed by atoms with Gasteiger partial charge in [-0.3, -0.25) is 4.98 Å². The van der Waals surface area contributed by atoms with Crippen molar-refractivity contribution in [1.29, 1.82) is 5.26 Å². The van der Waals surface area contributed by atoms with Crippen LogP contribution in [0.1, 0.15) is 5.56 Å². The number of hydrogen-bond acceptors (Lipinski definition) is 4. The summed E-state index contributed by atoms with van der Waals surface area (Å²) in [7, 11) is 0. The van der Waals surface area contributed by atoms with Crippen molar-refractivity contribution in [2.24, 2.45) is 0 Å². The van der Waals surface area contributed by atoms with Crippen molar-refractivity contribution < 1.29 is 4.74 Å². The third-order valence-electron chi connectivity index (χ3n) is 5.96. The van der Waals surface area contributed by atoms with Gasteiger partial charge in [-0.25, -0.2) is 0 Å². The maximum atomic E-state index is 9.16. The lowest BCUT2D eigenvalue weighted by Gasteiger charge is -2.33. The van der Waals surface area contributed by atoms with Crippen LogP contribution in [0.15, 0.2) is 116 Å². The van der Waals surface area contributed by atoms with E-state index in [-0.39, 0.29) is 0 Å². The van der Waals surface area contributed by atoms with Gasteiger partial charge in [-0.05, 0) is 59.2 Å². The molecule has 0 bridgehead atoms. The lowest BCUT2D eigenvalue weighted by molar-refractivity contribution is 0.477. The van der Waals surface area contributed by atoms with E-state index in [2.05, 4.69) is 76.6 Å². The highest BCUT2D eigenvalue weighted by Gasteiger charge is 2.25. The number of anilines is 3. The molecule has 0 radical (unpaired) electrons. The summed E-state index contributed by atoms with van der Waals surface area (Å²) in [6, 6.07) is 37.1. The van der Waals surface area contributed by atoms with E-state index in [0.717, 1.165) is 50.8 Å². The topological polar surface area (TPSA) is 49.2 Å². The monoisotopic (exact) mass is 437 g/mol. The van der Waals surface area contributed by atoms with Crippen molar-refractivity contribution in [3.05, 3.63) is 121 Å². The van der Waals surface area contributed by atoms with Crippen LogP contribution in [0.2, 0.25) is 0 Å². The Morgan fingerprint density at radius 2 is 1.26 bits per heavy atom. The molecule has 4 nitrogen and oxygen atoms in total. The molecule has 0 spiro atoms. The summed E-state index contributed by atoms with van der Waals surface area (Å²) in [5, 5.41) is 9.16. The Hall–Kier alpha value is -4.88. The number of hydrogen-bond donors (Lipinski definition) is 0. The van der Waals surface area contributed by atoms with Gasteiger partial charge in [0.2, 0.25) is 0 Å². The SMILES string of the molecule is N#Cc1cncc(-c2ccc(-c3cccc(N4c5ccccc5Oc5ccccc54)c3)cc2)c1. The van der Waals surface area contributed by atoms with Crippen molar-refractivity contribution in [2.45, 2.75) is 0 Å². The van der Waals surface area contributed by atoms with Gasteiger partial charge < -0.3 is 9.64 Å². The van der Waals surface area contributed by atoms with Gasteiger partial charge in [-0.1, -0.05) is 60.7 Å². The zero-order valence-electron chi connectivity index (χ0n) is 18.2. The Balaban J connectivity index is 1.39. The average molecular weight is 438 g/mol. The number of benzene rings is 4. The summed E-state index contributed by atoms with van der Waals surface area (Å²) in [5.41, 5.74) is 7.84. The van der Waals surface area contributed by atoms with E-state index in [1.54, 1.807) is 12.4 Å². The number of ether oxygens (including phenoxy) is 1. The van der Waals surface area contributed by atoms with Crippen LogP contribution in [0.4, 0.5) is 17.1 Å². The zero-order chi connectivity index (χ0) is 22.9. The first-order valence-electron chi connectivity index (χ1n) is 11.0. The summed E-state index contributed by atoms with van der Waals surface area (Å²) < 4.78 is 6.15. The van der Waals surface area contributed by atoms with Crippen LogP contribution >= 0.6 is 0 Å². The van der Waals surface area contributed by atoms with E-state index < -0.39 is 0 Å². The van der Waals surface area contributed by atoms with Crippen LogP contribution < -0.4 is 9.64 Å². The average Bonchev–Trinajstić information content (AvgIpc) is 2.92. The van der Waals surface area contributed by atoms with Crippen LogP contribution in [0.25, 0.3) is 22.3 Å². The van der Waals surface area contributed by atoms with Crippen molar-refractivity contribution in [2.75, 3.05) is 4.90 Å². The first-order chi connectivity index (χ1) is 16.8. The Morgan fingerprint density at radius 1 is 0.618 bits per heavy atom. The maximum absolute atomic E-state index is 9.16. The van der Waals surface area contributed by atoms with Gasteiger partial charge in [0, 0.05) is 23.6 Å². The number of nitriles is 1. The first kappa shape index (κ1) is 19.8. The van der Waals surface area contributed by atoms with Crippen LogP contribution in [0.3, 0.4) is 0 Å². The molecule has 0 saturated heterocycles. The lowest BCUT2D eigenvalue weighted by atomic mass is 10.00. The molecule has 0 fully saturated rings. The van der Waals surface area contributed by atoms with Crippen LogP contribution in [-0.4, -0.2) is 4.98 Å². The van der Waals surface area contributed by atoms with Gasteiger partial charge in [0.05, 0.1) is 16.9 Å². The fraction of sp³-hybridized carbons (Fsp3) is 0. The predicted molar refractivity (Wildman–Crippen MR) is 135 cm³/mol. The standard InChI is InChI=1S/C30H19N3O/c31-18-21-16-25(20-32-19-21)23-14-12-22(13-15-23)24-6-5-7-26(17-24)33-27-8-1-3-10-29(27)34-30-11-4-2-9-28(30)33/h1-17,19-20H. The molecular weight excluding hydrogens is 418 g/mol. The molecule has 4 heteroatoms. The van der Waals surface area contributed by atoms with E-state index >= 15 is 0 Å². The highest BCUT2D eigenvalue weighted by Crippen LogP contribution is 2.50. The number of para-hydroxylation sites is 4. The predicted octanol–water partition coefficient (Wildman–Crippen LogP) is 7.86. The number of rotatable bonds is 3. The molecule has 1 aliphatic heterocycles. The van der Waals surface area contributed by atoms with Gasteiger partial charge >= 0.3 is 0 Å². The maximum Gasteiger partial charge on any atom is 0.151 e. The summed E-state index contributed by atoms with van der Waals surface area (Å²) in [6.07, 6.45) is 3.36. The quantitative estimate of drug-likeness (QED) is 0.283. The molecule has 0 saturated carbocycles. The number of fused-ring (bicyclic) bond motifs is 2. The van der Waals surface area contributed by atoms with Crippen molar-refractivity contribution in [3.8, 4) is 39.8 Å². The van der Waals surface area contributed by atoms with Crippen LogP contribution in [0, 0.1) is 11.3 Å². The van der Waals surface area contributed by atoms with E-state index in [1.807, 2.05) is 42.5 Å². The fourth-order valence-electron chi connectivity index (χ4n) is 4.32. The third-order valence-corrected chi connectivity index (χ3v) is 5.96. The van der Waals surface area contributed by atoms with Crippen molar-refractivity contribution in [3.63, 3.8) is 0 Å². The second-order valence-corrected chi connectivity index (χ2v) is 8.07. The minimum absolute atomic E-state index is 0.556. The normalized spacial score (nSPS) is 11.7. The summed E-state index contributed by atoms with van der Waals surface area (Å²) in [6.45, 7) is 0. The molecular formula is C30H19N3O. The zero-order valence-corrected chi connectivity index (χ0v) is 18.2. The summed E-state index contributed by atoms with van der Waals surface area (Å²) in [4.78, 5) is 6.42. The summed E-state index contributed by atoms with van der Waals surface area (Å²) in [5.74, 6) is 1.67. The largest absolute Gasteiger partial charge is 0.453 e. The number of nitrogens with zero attached hydrogens (tertiary/aromatic N) is 3. The first-order valence-corrected chi connectivity index (χ1v) is 11.0. The van der Waals surface area contributed by atoms with E-state index in [9.17, 15) is 0 Å². The fourth-order valence-corrected chi connectivity index (χ4v) is 4.32. The minimum atomic E-state index is 0.556. The molecule has 34 heavy (non-hydrogen) atoms. The van der Waals surface area contributed by atoms with Gasteiger partial charge in [0.25, 0.3) is 0 Å². The molecule has 0 unspecified atom stereocenters. The van der Waals surface area contributed by atoms with E-state index in [0.29, 0.717) is 5.56 Å². The van der Waals surface area contributed by atoms with Gasteiger partial charge in [0.1, 0.15) is 6.07 Å². The number of aromatic nitrogens is 1. The van der Waals surface area contributed by atoms with Crippen molar-refractivity contribution >= 4 is 17.1 Å². The van der Waals surface area contributed by atoms with Crippen LogP contribution in [-0.2, 0) is 0 Å². The second kappa shape index (κ2) is 8.23. The van der Waals surface area contributed by atoms with Gasteiger partial charge in [-0.15, -0.1) is 0 Å². The molecule has 5 aromatic rings. The molecule has 1 aromatic heterocycles. The Morgan fingerprint density at radius 3 is 1.94 bits per heavy atom. The van der Waals surface area contributed by atoms with E-state index in [1.165, 1.54) is 0 Å². The third kappa shape index (κ3) is 3.46. The molecule has 0 atom stereocenters. The highest BCUT2D eigenvalue weighted by atomic mass is 16.5. The molecule has 4 aromatic carbocycles. The van der Waals surface area contributed by atoms with Gasteiger partial charge in [0.15, 0.2) is 11.5 Å². The molecule has 0 amide bonds. The second-order valence-electron chi connectivity index (χ2n) is 8.07. The summed E-state index contributed by atoms with van der Waals surface area (Å²) >= 11 is 0. The molecule has 160 valence electrons. The smallest absolute Gasteiger partial charge is 0.151 e. The van der Waals surface area contributed by atoms with Gasteiger partial charge in [-0.2, -0.15) is 5.26 Å². The van der Waals surface area contributed by atoms with Crippen molar-refractivity contribution in [1.82, 2.24) is 4.98 Å².